The van der Waals surface area contributed by atoms with Crippen molar-refractivity contribution < 1.29 is 9.52 Å². The van der Waals surface area contributed by atoms with E-state index < -0.39 is 0 Å². The molecule has 0 aromatic carbocycles. The van der Waals surface area contributed by atoms with Gasteiger partial charge in [0.1, 0.15) is 5.76 Å². The quantitative estimate of drug-likeness (QED) is 0.720. The lowest BCUT2D eigenvalue weighted by Crippen LogP contribution is -2.33. The van der Waals surface area contributed by atoms with Crippen LogP contribution in [0.25, 0.3) is 0 Å². The zero-order valence-electron chi connectivity index (χ0n) is 8.16. The second-order valence-electron chi connectivity index (χ2n) is 3.44. The summed E-state index contributed by atoms with van der Waals surface area (Å²) in [6.45, 7) is 4.47. The molecule has 3 heteroatoms. The molecule has 0 aliphatic carbocycles. The molecule has 74 valence electrons. The zero-order valence-corrected chi connectivity index (χ0v) is 8.16. The highest BCUT2D eigenvalue weighted by atomic mass is 16.3. The molecular formula is C10H17NO2. The molecule has 2 N–H and O–H groups in total. The van der Waals surface area contributed by atoms with Crippen LogP contribution in [0, 0.1) is 0 Å². The molecule has 0 aliphatic heterocycles. The molecule has 0 aliphatic rings. The van der Waals surface area contributed by atoms with Gasteiger partial charge in [-0.1, -0.05) is 0 Å². The van der Waals surface area contributed by atoms with E-state index in [-0.39, 0.29) is 6.10 Å². The maximum Gasteiger partial charge on any atom is 0.105 e. The number of aliphatic hydroxyl groups excluding tert-OH is 1. The van der Waals surface area contributed by atoms with Crippen molar-refractivity contribution in [2.45, 2.75) is 32.4 Å². The van der Waals surface area contributed by atoms with Crippen molar-refractivity contribution in [2.75, 3.05) is 6.54 Å². The Kier molecular flexibility index (Phi) is 3.99. The minimum atomic E-state index is -0.293. The normalized spacial score (nSPS) is 15.6. The number of hydrogen-bond acceptors (Lipinski definition) is 3. The third-order valence-electron chi connectivity index (χ3n) is 1.85. The van der Waals surface area contributed by atoms with Crippen LogP contribution in [0.5, 0.6) is 0 Å². The van der Waals surface area contributed by atoms with Gasteiger partial charge in [-0.2, -0.15) is 0 Å². The van der Waals surface area contributed by atoms with Gasteiger partial charge in [0.15, 0.2) is 0 Å². The van der Waals surface area contributed by atoms with Crippen molar-refractivity contribution in [3.05, 3.63) is 24.2 Å². The number of rotatable bonds is 5. The van der Waals surface area contributed by atoms with Crippen LogP contribution in [0.3, 0.4) is 0 Å². The Labute approximate surface area is 78.8 Å². The summed E-state index contributed by atoms with van der Waals surface area (Å²) in [6.07, 6.45) is 2.25. The fraction of sp³-hybridized carbons (Fsp3) is 0.600. The van der Waals surface area contributed by atoms with Gasteiger partial charge in [-0.15, -0.1) is 0 Å². The average Bonchev–Trinajstić information content (AvgIpc) is 2.53. The second kappa shape index (κ2) is 5.04. The van der Waals surface area contributed by atoms with Crippen molar-refractivity contribution in [2.24, 2.45) is 0 Å². The molecular weight excluding hydrogens is 166 g/mol. The number of aliphatic hydroxyl groups is 1. The van der Waals surface area contributed by atoms with E-state index in [0.717, 1.165) is 12.2 Å². The lowest BCUT2D eigenvalue weighted by Gasteiger charge is -2.13. The molecule has 1 heterocycles. The molecule has 0 saturated carbocycles. The predicted octanol–water partition coefficient (Wildman–Crippen LogP) is 1.18. The SMILES string of the molecule is CC(O)CNC(C)Cc1ccco1. The van der Waals surface area contributed by atoms with E-state index in [1.807, 2.05) is 12.1 Å². The smallest absolute Gasteiger partial charge is 0.105 e. The van der Waals surface area contributed by atoms with Crippen molar-refractivity contribution in [3.8, 4) is 0 Å². The number of furan rings is 1. The summed E-state index contributed by atoms with van der Waals surface area (Å²) < 4.78 is 5.21. The van der Waals surface area contributed by atoms with E-state index >= 15 is 0 Å². The van der Waals surface area contributed by atoms with E-state index in [4.69, 9.17) is 9.52 Å². The first kappa shape index (κ1) is 10.3. The summed E-state index contributed by atoms with van der Waals surface area (Å²) >= 11 is 0. The van der Waals surface area contributed by atoms with Gasteiger partial charge in [0.05, 0.1) is 12.4 Å². The summed E-state index contributed by atoms with van der Waals surface area (Å²) in [7, 11) is 0. The maximum atomic E-state index is 9.04. The topological polar surface area (TPSA) is 45.4 Å². The Hall–Kier alpha value is -0.800. The van der Waals surface area contributed by atoms with Gasteiger partial charge in [0.2, 0.25) is 0 Å². The Balaban J connectivity index is 2.22. The maximum absolute atomic E-state index is 9.04. The van der Waals surface area contributed by atoms with Crippen molar-refractivity contribution in [1.82, 2.24) is 5.32 Å². The van der Waals surface area contributed by atoms with E-state index in [9.17, 15) is 0 Å². The van der Waals surface area contributed by atoms with Crippen LogP contribution in [0.1, 0.15) is 19.6 Å². The standard InChI is InChI=1S/C10H17NO2/c1-8(11-7-9(2)12)6-10-4-3-5-13-10/h3-5,8-9,11-12H,6-7H2,1-2H3. The van der Waals surface area contributed by atoms with Crippen LogP contribution < -0.4 is 5.32 Å². The molecule has 0 amide bonds. The van der Waals surface area contributed by atoms with Crippen molar-refractivity contribution >= 4 is 0 Å². The van der Waals surface area contributed by atoms with Crippen LogP contribution in [-0.2, 0) is 6.42 Å². The van der Waals surface area contributed by atoms with Crippen molar-refractivity contribution in [1.29, 1.82) is 0 Å². The van der Waals surface area contributed by atoms with Crippen LogP contribution in [0.2, 0.25) is 0 Å². The summed E-state index contributed by atoms with van der Waals surface area (Å²) in [5.74, 6) is 0.977. The highest BCUT2D eigenvalue weighted by molar-refractivity contribution is 4.99. The fourth-order valence-electron chi connectivity index (χ4n) is 1.17. The molecule has 2 atom stereocenters. The van der Waals surface area contributed by atoms with Crippen LogP contribution in [0.4, 0.5) is 0 Å². The monoisotopic (exact) mass is 183 g/mol. The molecule has 1 rings (SSSR count). The Morgan fingerprint density at radius 2 is 2.31 bits per heavy atom. The van der Waals surface area contributed by atoms with E-state index in [1.165, 1.54) is 0 Å². The first-order valence-corrected chi connectivity index (χ1v) is 4.62. The highest BCUT2D eigenvalue weighted by Gasteiger charge is 2.05. The molecule has 1 aromatic heterocycles. The molecule has 13 heavy (non-hydrogen) atoms. The van der Waals surface area contributed by atoms with Gasteiger partial charge < -0.3 is 14.8 Å². The summed E-state index contributed by atoms with van der Waals surface area (Å²) in [4.78, 5) is 0. The van der Waals surface area contributed by atoms with Gasteiger partial charge >= 0.3 is 0 Å². The Morgan fingerprint density at radius 1 is 1.54 bits per heavy atom. The Bertz CT molecular complexity index is 219. The number of hydrogen-bond donors (Lipinski definition) is 2. The Morgan fingerprint density at radius 3 is 2.85 bits per heavy atom. The first-order chi connectivity index (χ1) is 6.18. The van der Waals surface area contributed by atoms with Crippen LogP contribution in [-0.4, -0.2) is 23.8 Å². The third kappa shape index (κ3) is 4.10. The van der Waals surface area contributed by atoms with E-state index in [0.29, 0.717) is 12.6 Å². The number of nitrogens with one attached hydrogen (secondary N) is 1. The van der Waals surface area contributed by atoms with Crippen LogP contribution >= 0.6 is 0 Å². The average molecular weight is 183 g/mol. The summed E-state index contributed by atoms with van der Waals surface area (Å²) in [5, 5.41) is 12.3. The third-order valence-corrected chi connectivity index (χ3v) is 1.85. The molecule has 0 spiro atoms. The molecule has 0 fully saturated rings. The molecule has 0 radical (unpaired) electrons. The van der Waals surface area contributed by atoms with E-state index in [1.54, 1.807) is 13.2 Å². The van der Waals surface area contributed by atoms with Gasteiger partial charge in [0.25, 0.3) is 0 Å². The van der Waals surface area contributed by atoms with Gasteiger partial charge in [-0.25, -0.2) is 0 Å². The van der Waals surface area contributed by atoms with Gasteiger partial charge in [-0.3, -0.25) is 0 Å². The minimum absolute atomic E-state index is 0.293. The lowest BCUT2D eigenvalue weighted by molar-refractivity contribution is 0.186. The minimum Gasteiger partial charge on any atom is -0.469 e. The van der Waals surface area contributed by atoms with E-state index in [2.05, 4.69) is 12.2 Å². The van der Waals surface area contributed by atoms with Crippen molar-refractivity contribution in [3.63, 3.8) is 0 Å². The molecule has 2 unspecified atom stereocenters. The lowest BCUT2D eigenvalue weighted by atomic mass is 10.2. The first-order valence-electron chi connectivity index (χ1n) is 4.62. The van der Waals surface area contributed by atoms with Gasteiger partial charge in [-0.05, 0) is 26.0 Å². The molecule has 3 nitrogen and oxygen atoms in total. The predicted molar refractivity (Wildman–Crippen MR) is 51.6 cm³/mol. The summed E-state index contributed by atoms with van der Waals surface area (Å²) in [5.41, 5.74) is 0. The zero-order chi connectivity index (χ0) is 9.68. The van der Waals surface area contributed by atoms with Gasteiger partial charge in [0, 0.05) is 19.0 Å². The largest absolute Gasteiger partial charge is 0.469 e. The molecule has 1 aromatic rings. The fourth-order valence-corrected chi connectivity index (χ4v) is 1.17. The molecule has 0 saturated heterocycles. The second-order valence-corrected chi connectivity index (χ2v) is 3.44. The molecule has 0 bridgehead atoms. The summed E-state index contributed by atoms with van der Waals surface area (Å²) in [6, 6.07) is 4.18. The van der Waals surface area contributed by atoms with Crippen LogP contribution in [0.15, 0.2) is 22.8 Å². The highest BCUT2D eigenvalue weighted by Crippen LogP contribution is 2.03.